The van der Waals surface area contributed by atoms with Crippen LogP contribution in [-0.2, 0) is 0 Å². The smallest absolute Gasteiger partial charge is 0.336 e. The van der Waals surface area contributed by atoms with Crippen LogP contribution >= 0.6 is 0 Å². The lowest BCUT2D eigenvalue weighted by molar-refractivity contribution is 0.0697. The Morgan fingerprint density at radius 3 is 2.67 bits per heavy atom. The van der Waals surface area contributed by atoms with E-state index in [0.29, 0.717) is 11.3 Å². The van der Waals surface area contributed by atoms with Crippen molar-refractivity contribution in [2.45, 2.75) is 6.92 Å². The number of benzene rings is 1. The van der Waals surface area contributed by atoms with Gasteiger partial charge in [0.25, 0.3) is 0 Å². The highest BCUT2D eigenvalue weighted by atomic mass is 16.5. The van der Waals surface area contributed by atoms with Gasteiger partial charge >= 0.3 is 5.97 Å². The molecule has 0 saturated heterocycles. The molecule has 1 aromatic carbocycles. The molecule has 1 heterocycles. The molecule has 0 radical (unpaired) electrons. The summed E-state index contributed by atoms with van der Waals surface area (Å²) in [5.74, 6) is -0.454. The number of hydrogen-bond acceptors (Lipinski definition) is 3. The third kappa shape index (κ3) is 2.18. The van der Waals surface area contributed by atoms with Crippen LogP contribution in [0.1, 0.15) is 15.9 Å². The van der Waals surface area contributed by atoms with Crippen molar-refractivity contribution in [1.82, 2.24) is 4.98 Å². The van der Waals surface area contributed by atoms with E-state index in [2.05, 4.69) is 4.98 Å². The SMILES string of the molecule is COc1ccc(-c2cnccc2C)c(C(=O)O)c1. The van der Waals surface area contributed by atoms with Crippen molar-refractivity contribution in [3.05, 3.63) is 47.8 Å². The number of methoxy groups -OCH3 is 1. The Morgan fingerprint density at radius 1 is 1.28 bits per heavy atom. The van der Waals surface area contributed by atoms with Crippen molar-refractivity contribution in [3.63, 3.8) is 0 Å². The van der Waals surface area contributed by atoms with Gasteiger partial charge in [-0.25, -0.2) is 4.79 Å². The molecule has 0 spiro atoms. The molecule has 0 bridgehead atoms. The lowest BCUT2D eigenvalue weighted by Gasteiger charge is -2.10. The van der Waals surface area contributed by atoms with Crippen molar-refractivity contribution < 1.29 is 14.6 Å². The van der Waals surface area contributed by atoms with Gasteiger partial charge in [0.15, 0.2) is 0 Å². The van der Waals surface area contributed by atoms with E-state index in [9.17, 15) is 9.90 Å². The van der Waals surface area contributed by atoms with E-state index in [1.165, 1.54) is 13.2 Å². The molecule has 18 heavy (non-hydrogen) atoms. The summed E-state index contributed by atoms with van der Waals surface area (Å²) in [7, 11) is 1.51. The van der Waals surface area contributed by atoms with E-state index < -0.39 is 5.97 Å². The fourth-order valence-electron chi connectivity index (χ4n) is 1.81. The number of rotatable bonds is 3. The molecule has 0 saturated carbocycles. The Labute approximate surface area is 105 Å². The topological polar surface area (TPSA) is 59.4 Å². The minimum absolute atomic E-state index is 0.213. The van der Waals surface area contributed by atoms with Gasteiger partial charge in [-0.15, -0.1) is 0 Å². The van der Waals surface area contributed by atoms with Crippen LogP contribution in [0.3, 0.4) is 0 Å². The van der Waals surface area contributed by atoms with Crippen molar-refractivity contribution in [2.24, 2.45) is 0 Å². The quantitative estimate of drug-likeness (QED) is 0.900. The Balaban J connectivity index is 2.64. The second kappa shape index (κ2) is 4.87. The summed E-state index contributed by atoms with van der Waals surface area (Å²) in [6.07, 6.45) is 3.35. The van der Waals surface area contributed by atoms with Gasteiger partial charge in [-0.2, -0.15) is 0 Å². The predicted molar refractivity (Wildman–Crippen MR) is 67.9 cm³/mol. The normalized spacial score (nSPS) is 10.1. The standard InChI is InChI=1S/C14H13NO3/c1-9-5-6-15-8-13(9)11-4-3-10(18-2)7-12(11)14(16)17/h3-8H,1-2H3,(H,16,17). The average Bonchev–Trinajstić information content (AvgIpc) is 2.38. The van der Waals surface area contributed by atoms with Gasteiger partial charge in [-0.3, -0.25) is 4.98 Å². The van der Waals surface area contributed by atoms with Crippen LogP contribution < -0.4 is 4.74 Å². The van der Waals surface area contributed by atoms with E-state index in [4.69, 9.17) is 4.74 Å². The molecule has 1 N–H and O–H groups in total. The molecular weight excluding hydrogens is 230 g/mol. The number of pyridine rings is 1. The van der Waals surface area contributed by atoms with Crippen molar-refractivity contribution in [2.75, 3.05) is 7.11 Å². The Hall–Kier alpha value is -2.36. The maximum absolute atomic E-state index is 11.3. The first kappa shape index (κ1) is 12.1. The van der Waals surface area contributed by atoms with Gasteiger partial charge in [-0.05, 0) is 42.3 Å². The van der Waals surface area contributed by atoms with Gasteiger partial charge in [-0.1, -0.05) is 0 Å². The highest BCUT2D eigenvalue weighted by Crippen LogP contribution is 2.29. The molecule has 0 aliphatic heterocycles. The van der Waals surface area contributed by atoms with Gasteiger partial charge in [0, 0.05) is 18.0 Å². The summed E-state index contributed by atoms with van der Waals surface area (Å²) in [5, 5.41) is 9.26. The highest BCUT2D eigenvalue weighted by Gasteiger charge is 2.14. The summed E-state index contributed by atoms with van der Waals surface area (Å²) in [6.45, 7) is 1.92. The number of hydrogen-bond donors (Lipinski definition) is 1. The molecule has 0 aliphatic rings. The molecule has 0 amide bonds. The number of carboxylic acid groups (broad SMARTS) is 1. The third-order valence-corrected chi connectivity index (χ3v) is 2.79. The molecule has 1 aromatic heterocycles. The van der Waals surface area contributed by atoms with Crippen LogP contribution in [0.25, 0.3) is 11.1 Å². The summed E-state index contributed by atoms with van der Waals surface area (Å²) >= 11 is 0. The van der Waals surface area contributed by atoms with E-state index in [-0.39, 0.29) is 5.56 Å². The number of aryl methyl sites for hydroxylation is 1. The van der Waals surface area contributed by atoms with E-state index in [1.807, 2.05) is 13.0 Å². The Bertz CT molecular complexity index is 593. The first-order valence-corrected chi connectivity index (χ1v) is 5.46. The van der Waals surface area contributed by atoms with E-state index in [1.54, 1.807) is 24.5 Å². The molecule has 2 aromatic rings. The number of carbonyl (C=O) groups is 1. The molecule has 92 valence electrons. The maximum atomic E-state index is 11.3. The third-order valence-electron chi connectivity index (χ3n) is 2.79. The molecule has 0 fully saturated rings. The highest BCUT2D eigenvalue weighted by molar-refractivity contribution is 5.96. The second-order valence-electron chi connectivity index (χ2n) is 3.91. The van der Waals surface area contributed by atoms with Crippen LogP contribution in [-0.4, -0.2) is 23.2 Å². The summed E-state index contributed by atoms with van der Waals surface area (Å²) in [4.78, 5) is 15.3. The second-order valence-corrected chi connectivity index (χ2v) is 3.91. The van der Waals surface area contributed by atoms with Gasteiger partial charge < -0.3 is 9.84 Å². The zero-order valence-corrected chi connectivity index (χ0v) is 10.2. The molecule has 0 atom stereocenters. The van der Waals surface area contributed by atoms with E-state index >= 15 is 0 Å². The van der Waals surface area contributed by atoms with Crippen LogP contribution in [0, 0.1) is 6.92 Å². The minimum atomic E-state index is -0.979. The number of aromatic carboxylic acids is 1. The molecular formula is C14H13NO3. The van der Waals surface area contributed by atoms with Crippen LogP contribution in [0.15, 0.2) is 36.7 Å². The Kier molecular flexibility index (Phi) is 3.28. The number of carboxylic acids is 1. The Morgan fingerprint density at radius 2 is 2.06 bits per heavy atom. The predicted octanol–water partition coefficient (Wildman–Crippen LogP) is 2.76. The van der Waals surface area contributed by atoms with Gasteiger partial charge in [0.2, 0.25) is 0 Å². The van der Waals surface area contributed by atoms with E-state index in [0.717, 1.165) is 11.1 Å². The van der Waals surface area contributed by atoms with Crippen LogP contribution in [0.5, 0.6) is 5.75 Å². The number of nitrogens with zero attached hydrogens (tertiary/aromatic N) is 1. The van der Waals surface area contributed by atoms with Crippen molar-refractivity contribution in [1.29, 1.82) is 0 Å². The molecule has 0 unspecified atom stereocenters. The van der Waals surface area contributed by atoms with Crippen molar-refractivity contribution >= 4 is 5.97 Å². The zero-order valence-electron chi connectivity index (χ0n) is 10.2. The zero-order chi connectivity index (χ0) is 13.1. The lowest BCUT2D eigenvalue weighted by Crippen LogP contribution is -2.01. The number of aromatic nitrogens is 1. The van der Waals surface area contributed by atoms with Crippen LogP contribution in [0.2, 0.25) is 0 Å². The largest absolute Gasteiger partial charge is 0.497 e. The molecule has 4 nitrogen and oxygen atoms in total. The monoisotopic (exact) mass is 243 g/mol. The first-order chi connectivity index (χ1) is 8.63. The minimum Gasteiger partial charge on any atom is -0.497 e. The van der Waals surface area contributed by atoms with Gasteiger partial charge in [0.05, 0.1) is 12.7 Å². The van der Waals surface area contributed by atoms with Gasteiger partial charge in [0.1, 0.15) is 5.75 Å². The first-order valence-electron chi connectivity index (χ1n) is 5.46. The van der Waals surface area contributed by atoms with Crippen LogP contribution in [0.4, 0.5) is 0 Å². The summed E-state index contributed by atoms with van der Waals surface area (Å²) in [5.41, 5.74) is 2.66. The molecule has 2 rings (SSSR count). The molecule has 4 heteroatoms. The maximum Gasteiger partial charge on any atom is 0.336 e. The fraction of sp³-hybridized carbons (Fsp3) is 0.143. The summed E-state index contributed by atoms with van der Waals surface area (Å²) in [6, 6.07) is 6.86. The lowest BCUT2D eigenvalue weighted by atomic mass is 9.97. The summed E-state index contributed by atoms with van der Waals surface area (Å²) < 4.78 is 5.05. The average molecular weight is 243 g/mol. The number of ether oxygens (including phenoxy) is 1. The van der Waals surface area contributed by atoms with Crippen molar-refractivity contribution in [3.8, 4) is 16.9 Å². The molecule has 0 aliphatic carbocycles. The fourth-order valence-corrected chi connectivity index (χ4v) is 1.81.